The summed E-state index contributed by atoms with van der Waals surface area (Å²) in [4.78, 5) is 15.3. The number of hydrogen-bond acceptors (Lipinski definition) is 4. The lowest BCUT2D eigenvalue weighted by Gasteiger charge is -2.02. The molecule has 114 valence electrons. The number of Topliss-reactive ketones (excluding diaryl/α,β-unsaturated/α-hetero) is 1. The number of nitrogens with one attached hydrogen (secondary N) is 1. The van der Waals surface area contributed by atoms with Gasteiger partial charge in [0.15, 0.2) is 17.3 Å². The van der Waals surface area contributed by atoms with Gasteiger partial charge in [0, 0.05) is 22.7 Å². The zero-order valence-electron chi connectivity index (χ0n) is 11.6. The van der Waals surface area contributed by atoms with Crippen LogP contribution in [0.3, 0.4) is 0 Å². The molecule has 3 aromatic rings. The summed E-state index contributed by atoms with van der Waals surface area (Å²) in [6, 6.07) is 6.89. The van der Waals surface area contributed by atoms with Crippen LogP contribution in [0.15, 0.2) is 42.3 Å². The summed E-state index contributed by atoms with van der Waals surface area (Å²) in [5.74, 6) is -1.74. The Bertz CT molecular complexity index is 1000. The smallest absolute Gasteiger partial charge is 0.232 e. The molecule has 0 unspecified atom stereocenters. The lowest BCUT2D eigenvalue weighted by Crippen LogP contribution is -1.97. The molecule has 6 heteroatoms. The lowest BCUT2D eigenvalue weighted by molar-refractivity contribution is 0.101. The zero-order chi connectivity index (χ0) is 16.1. The predicted octanol–water partition coefficient (Wildman–Crippen LogP) is 3.33. The first-order chi connectivity index (χ1) is 11.0. The van der Waals surface area contributed by atoms with E-state index in [0.717, 1.165) is 5.52 Å². The second-order valence-electron chi connectivity index (χ2n) is 5.18. The van der Waals surface area contributed by atoms with Crippen molar-refractivity contribution < 1.29 is 24.1 Å². The second kappa shape index (κ2) is 4.61. The number of aromatic nitrogens is 1. The van der Waals surface area contributed by atoms with Crippen molar-refractivity contribution in [2.75, 3.05) is 0 Å². The number of phenolic OH excluding ortho intramolecular Hbond substituents is 2. The molecule has 2 aromatic carbocycles. The fraction of sp³-hybridized carbons (Fsp3) is 0. The quantitative estimate of drug-likeness (QED) is 0.475. The fourth-order valence-corrected chi connectivity index (χ4v) is 2.60. The molecule has 0 fully saturated rings. The highest BCUT2D eigenvalue weighted by molar-refractivity contribution is 6.15. The fourth-order valence-electron chi connectivity index (χ4n) is 2.60. The first-order valence-corrected chi connectivity index (χ1v) is 6.80. The zero-order valence-corrected chi connectivity index (χ0v) is 11.6. The van der Waals surface area contributed by atoms with Gasteiger partial charge in [-0.3, -0.25) is 4.79 Å². The van der Waals surface area contributed by atoms with Crippen LogP contribution in [0.1, 0.15) is 15.9 Å². The summed E-state index contributed by atoms with van der Waals surface area (Å²) in [7, 11) is 0. The van der Waals surface area contributed by atoms with Crippen molar-refractivity contribution in [3.63, 3.8) is 0 Å². The number of aromatic amines is 1. The number of halogens is 1. The van der Waals surface area contributed by atoms with Gasteiger partial charge in [0.2, 0.25) is 11.5 Å². The molecule has 0 aliphatic carbocycles. The lowest BCUT2D eigenvalue weighted by atomic mass is 10.1. The molecule has 1 aliphatic rings. The van der Waals surface area contributed by atoms with Gasteiger partial charge in [0.1, 0.15) is 5.82 Å². The molecular formula is C17H10FNO4. The number of H-pyrrole nitrogens is 1. The molecule has 3 N–H and O–H groups in total. The number of phenols is 2. The number of aromatic hydroxyl groups is 2. The van der Waals surface area contributed by atoms with Crippen molar-refractivity contribution in [3.05, 3.63) is 59.2 Å². The van der Waals surface area contributed by atoms with Crippen molar-refractivity contribution in [2.24, 2.45) is 0 Å². The van der Waals surface area contributed by atoms with E-state index in [1.54, 1.807) is 12.3 Å². The van der Waals surface area contributed by atoms with E-state index >= 15 is 0 Å². The molecule has 1 aromatic heterocycles. The molecule has 4 rings (SSSR count). The van der Waals surface area contributed by atoms with Crippen molar-refractivity contribution in [3.8, 4) is 17.2 Å². The minimum atomic E-state index is -0.482. The van der Waals surface area contributed by atoms with Crippen LogP contribution in [0.4, 0.5) is 4.39 Å². The minimum Gasteiger partial charge on any atom is -0.504 e. The summed E-state index contributed by atoms with van der Waals surface area (Å²) >= 11 is 0. The van der Waals surface area contributed by atoms with Crippen LogP contribution >= 0.6 is 0 Å². The van der Waals surface area contributed by atoms with Crippen LogP contribution in [0.2, 0.25) is 0 Å². The van der Waals surface area contributed by atoms with Crippen LogP contribution < -0.4 is 4.74 Å². The molecule has 0 bridgehead atoms. The Balaban J connectivity index is 1.82. The standard InChI is InChI=1S/C17H10FNO4/c18-9-1-3-12-11(6-9)8(7-19-12)5-14-15(21)10-2-4-13(20)16(22)17(10)23-14/h1-7,19-20,22H. The van der Waals surface area contributed by atoms with Crippen LogP contribution in [0, 0.1) is 5.82 Å². The van der Waals surface area contributed by atoms with Gasteiger partial charge in [0.05, 0.1) is 5.56 Å². The number of hydrogen-bond donors (Lipinski definition) is 3. The number of benzene rings is 2. The molecule has 0 amide bonds. The Labute approximate surface area is 129 Å². The molecule has 0 saturated heterocycles. The summed E-state index contributed by atoms with van der Waals surface area (Å²) in [5, 5.41) is 19.9. The van der Waals surface area contributed by atoms with Crippen LogP contribution in [-0.2, 0) is 0 Å². The van der Waals surface area contributed by atoms with E-state index in [9.17, 15) is 19.4 Å². The van der Waals surface area contributed by atoms with Crippen molar-refractivity contribution in [1.82, 2.24) is 4.98 Å². The number of ketones is 1. The van der Waals surface area contributed by atoms with Gasteiger partial charge in [-0.25, -0.2) is 4.39 Å². The van der Waals surface area contributed by atoms with Gasteiger partial charge in [-0.15, -0.1) is 0 Å². The molecule has 5 nitrogen and oxygen atoms in total. The van der Waals surface area contributed by atoms with Crippen LogP contribution in [0.5, 0.6) is 17.2 Å². The average molecular weight is 311 g/mol. The number of allylic oxidation sites excluding steroid dienone is 1. The van der Waals surface area contributed by atoms with E-state index in [4.69, 9.17) is 4.74 Å². The third kappa shape index (κ3) is 1.96. The summed E-state index contributed by atoms with van der Waals surface area (Å²) < 4.78 is 18.8. The van der Waals surface area contributed by atoms with E-state index in [2.05, 4.69) is 4.98 Å². The van der Waals surface area contributed by atoms with E-state index in [1.165, 1.54) is 30.3 Å². The van der Waals surface area contributed by atoms with Gasteiger partial charge in [-0.05, 0) is 36.4 Å². The SMILES string of the molecule is O=C1C(=Cc2c[nH]c3ccc(F)cc23)Oc2c1ccc(O)c2O. The maximum Gasteiger partial charge on any atom is 0.232 e. The first kappa shape index (κ1) is 13.4. The van der Waals surface area contributed by atoms with Gasteiger partial charge >= 0.3 is 0 Å². The van der Waals surface area contributed by atoms with Gasteiger partial charge < -0.3 is 19.9 Å². The highest BCUT2D eigenvalue weighted by Gasteiger charge is 2.31. The Hall–Kier alpha value is -3.28. The maximum absolute atomic E-state index is 13.4. The van der Waals surface area contributed by atoms with Gasteiger partial charge in [-0.1, -0.05) is 0 Å². The maximum atomic E-state index is 13.4. The van der Waals surface area contributed by atoms with Crippen molar-refractivity contribution in [1.29, 1.82) is 0 Å². The van der Waals surface area contributed by atoms with E-state index < -0.39 is 11.5 Å². The predicted molar refractivity (Wildman–Crippen MR) is 81.0 cm³/mol. The van der Waals surface area contributed by atoms with E-state index in [1.807, 2.05) is 0 Å². The minimum absolute atomic E-state index is 0.00828. The molecule has 0 radical (unpaired) electrons. The number of ether oxygens (including phenoxy) is 1. The topological polar surface area (TPSA) is 82.6 Å². The summed E-state index contributed by atoms with van der Waals surface area (Å²) in [5.41, 5.74) is 1.47. The Morgan fingerprint density at radius 3 is 2.83 bits per heavy atom. The number of carbonyl (C=O) groups excluding carboxylic acids is 1. The second-order valence-corrected chi connectivity index (χ2v) is 5.18. The molecule has 0 saturated carbocycles. The van der Waals surface area contributed by atoms with Crippen molar-refractivity contribution >= 4 is 22.8 Å². The number of carbonyl (C=O) groups is 1. The molecule has 0 atom stereocenters. The van der Waals surface area contributed by atoms with E-state index in [0.29, 0.717) is 10.9 Å². The highest BCUT2D eigenvalue weighted by atomic mass is 19.1. The summed E-state index contributed by atoms with van der Waals surface area (Å²) in [6.45, 7) is 0. The third-order valence-corrected chi connectivity index (χ3v) is 3.75. The van der Waals surface area contributed by atoms with E-state index in [-0.39, 0.29) is 28.6 Å². The largest absolute Gasteiger partial charge is 0.504 e. The van der Waals surface area contributed by atoms with Gasteiger partial charge in [0.25, 0.3) is 0 Å². The first-order valence-electron chi connectivity index (χ1n) is 6.80. The van der Waals surface area contributed by atoms with Crippen LogP contribution in [-0.4, -0.2) is 21.0 Å². The third-order valence-electron chi connectivity index (χ3n) is 3.75. The molecule has 0 spiro atoms. The molecule has 1 aliphatic heterocycles. The molecule has 23 heavy (non-hydrogen) atoms. The number of fused-ring (bicyclic) bond motifs is 2. The molecule has 2 heterocycles. The van der Waals surface area contributed by atoms with Crippen molar-refractivity contribution in [2.45, 2.75) is 0 Å². The normalized spacial score (nSPS) is 15.2. The Morgan fingerprint density at radius 2 is 2.00 bits per heavy atom. The van der Waals surface area contributed by atoms with Gasteiger partial charge in [-0.2, -0.15) is 0 Å². The molecular weight excluding hydrogens is 301 g/mol. The monoisotopic (exact) mass is 311 g/mol. The highest BCUT2D eigenvalue weighted by Crippen LogP contribution is 2.44. The Kier molecular flexibility index (Phi) is 2.68. The average Bonchev–Trinajstić information content (AvgIpc) is 3.06. The number of rotatable bonds is 1. The van der Waals surface area contributed by atoms with Crippen LogP contribution in [0.25, 0.3) is 17.0 Å². The summed E-state index contributed by atoms with van der Waals surface area (Å²) in [6.07, 6.45) is 3.10. The Morgan fingerprint density at radius 1 is 1.17 bits per heavy atom.